The molecule has 0 aromatic rings. The first-order chi connectivity index (χ1) is 6.27. The summed E-state index contributed by atoms with van der Waals surface area (Å²) in [7, 11) is 0. The van der Waals surface area contributed by atoms with Gasteiger partial charge in [0.15, 0.2) is 0 Å². The van der Waals surface area contributed by atoms with Gasteiger partial charge in [-0.25, -0.2) is 0 Å². The third-order valence-electron chi connectivity index (χ3n) is 4.10. The van der Waals surface area contributed by atoms with Gasteiger partial charge < -0.3 is 5.32 Å². The van der Waals surface area contributed by atoms with Crippen molar-refractivity contribution in [3.8, 4) is 0 Å². The van der Waals surface area contributed by atoms with Gasteiger partial charge in [0.2, 0.25) is 0 Å². The highest BCUT2D eigenvalue weighted by molar-refractivity contribution is 5.44. The molecule has 3 aliphatic carbocycles. The van der Waals surface area contributed by atoms with E-state index in [0.29, 0.717) is 6.04 Å². The molecule has 4 atom stereocenters. The molecule has 0 aromatic carbocycles. The molecule has 70 valence electrons. The monoisotopic (exact) mass is 175 g/mol. The molecule has 2 fully saturated rings. The third-order valence-corrected chi connectivity index (χ3v) is 4.10. The van der Waals surface area contributed by atoms with E-state index in [1.54, 1.807) is 11.1 Å². The van der Waals surface area contributed by atoms with E-state index in [1.165, 1.54) is 13.0 Å². The second-order valence-corrected chi connectivity index (χ2v) is 4.71. The largest absolute Gasteiger partial charge is 0.310 e. The smallest absolute Gasteiger partial charge is 0.0316 e. The third kappa shape index (κ3) is 0.912. The Labute approximate surface area is 79.9 Å². The normalized spacial score (nSPS) is 47.2. The van der Waals surface area contributed by atoms with Gasteiger partial charge in [0.05, 0.1) is 0 Å². The Kier molecular flexibility index (Phi) is 1.49. The van der Waals surface area contributed by atoms with Crippen LogP contribution >= 0.6 is 0 Å². The van der Waals surface area contributed by atoms with Gasteiger partial charge in [-0.2, -0.15) is 0 Å². The molecular formula is C12H17N. The first-order valence-electron chi connectivity index (χ1n) is 5.44. The molecule has 1 heterocycles. The van der Waals surface area contributed by atoms with E-state index in [0.717, 1.165) is 17.8 Å². The van der Waals surface area contributed by atoms with Crippen molar-refractivity contribution in [1.82, 2.24) is 5.32 Å². The van der Waals surface area contributed by atoms with Gasteiger partial charge in [-0.05, 0) is 30.7 Å². The lowest BCUT2D eigenvalue weighted by molar-refractivity contribution is 0.508. The van der Waals surface area contributed by atoms with E-state index in [4.69, 9.17) is 0 Å². The fraction of sp³-hybridized carbons (Fsp3) is 0.667. The lowest BCUT2D eigenvalue weighted by Crippen LogP contribution is -2.28. The van der Waals surface area contributed by atoms with Crippen LogP contribution in [0.1, 0.15) is 20.3 Å². The number of allylic oxidation sites excluding steroid dienone is 2. The van der Waals surface area contributed by atoms with Gasteiger partial charge in [0.25, 0.3) is 0 Å². The van der Waals surface area contributed by atoms with Crippen molar-refractivity contribution in [1.29, 1.82) is 0 Å². The summed E-state index contributed by atoms with van der Waals surface area (Å²) in [4.78, 5) is 0. The predicted octanol–water partition coefficient (Wildman–Crippen LogP) is 2.12. The maximum absolute atomic E-state index is 3.58. The lowest BCUT2D eigenvalue weighted by atomic mass is 9.67. The maximum atomic E-state index is 3.58. The van der Waals surface area contributed by atoms with Crippen LogP contribution in [0.2, 0.25) is 0 Å². The Morgan fingerprint density at radius 3 is 2.62 bits per heavy atom. The van der Waals surface area contributed by atoms with Crippen LogP contribution < -0.4 is 5.32 Å². The highest BCUT2D eigenvalue weighted by Crippen LogP contribution is 2.48. The molecule has 2 bridgehead atoms. The topological polar surface area (TPSA) is 12.0 Å². The molecule has 1 saturated carbocycles. The zero-order valence-electron chi connectivity index (χ0n) is 8.38. The van der Waals surface area contributed by atoms with E-state index < -0.39 is 0 Å². The number of rotatable bonds is 0. The van der Waals surface area contributed by atoms with E-state index in [-0.39, 0.29) is 0 Å². The molecule has 1 nitrogen and oxygen atoms in total. The molecule has 4 unspecified atom stereocenters. The second-order valence-electron chi connectivity index (χ2n) is 4.71. The minimum atomic E-state index is 0.653. The summed E-state index contributed by atoms with van der Waals surface area (Å²) >= 11 is 0. The van der Waals surface area contributed by atoms with Gasteiger partial charge in [0, 0.05) is 6.04 Å². The summed E-state index contributed by atoms with van der Waals surface area (Å²) in [5.74, 6) is 2.30. The average molecular weight is 175 g/mol. The highest BCUT2D eigenvalue weighted by atomic mass is 14.9. The molecule has 0 radical (unpaired) electrons. The molecule has 1 aliphatic heterocycles. The van der Waals surface area contributed by atoms with Gasteiger partial charge in [-0.3, -0.25) is 0 Å². The van der Waals surface area contributed by atoms with Crippen LogP contribution in [0.5, 0.6) is 0 Å². The highest BCUT2D eigenvalue weighted by Gasteiger charge is 2.39. The molecule has 13 heavy (non-hydrogen) atoms. The zero-order chi connectivity index (χ0) is 9.00. The Morgan fingerprint density at radius 1 is 1.15 bits per heavy atom. The predicted molar refractivity (Wildman–Crippen MR) is 54.4 cm³/mol. The van der Waals surface area contributed by atoms with Crippen LogP contribution in [0.4, 0.5) is 0 Å². The van der Waals surface area contributed by atoms with Crippen molar-refractivity contribution in [2.75, 3.05) is 6.54 Å². The Morgan fingerprint density at radius 2 is 1.85 bits per heavy atom. The van der Waals surface area contributed by atoms with E-state index in [2.05, 4.69) is 31.3 Å². The molecule has 1 N–H and O–H groups in total. The Hall–Kier alpha value is -0.560. The number of nitrogens with one attached hydrogen (secondary N) is 1. The fourth-order valence-electron chi connectivity index (χ4n) is 3.19. The molecule has 4 rings (SSSR count). The molecule has 4 aliphatic rings. The SMILES string of the molecule is CC1C2=CC3CCNC3C=C1C2C. The summed E-state index contributed by atoms with van der Waals surface area (Å²) in [6.07, 6.45) is 6.38. The van der Waals surface area contributed by atoms with Crippen molar-refractivity contribution in [2.24, 2.45) is 17.8 Å². The molecular weight excluding hydrogens is 158 g/mol. The van der Waals surface area contributed by atoms with E-state index >= 15 is 0 Å². The van der Waals surface area contributed by atoms with Crippen LogP contribution in [-0.4, -0.2) is 12.6 Å². The molecule has 0 aromatic heterocycles. The summed E-state index contributed by atoms with van der Waals surface area (Å²) in [6, 6.07) is 0.653. The molecule has 1 heteroatoms. The van der Waals surface area contributed by atoms with E-state index in [9.17, 15) is 0 Å². The average Bonchev–Trinajstić information content (AvgIpc) is 2.47. The summed E-state index contributed by atoms with van der Waals surface area (Å²) in [6.45, 7) is 5.89. The summed E-state index contributed by atoms with van der Waals surface area (Å²) in [5, 5.41) is 3.58. The molecule has 1 saturated heterocycles. The maximum Gasteiger partial charge on any atom is 0.0316 e. The zero-order valence-corrected chi connectivity index (χ0v) is 8.38. The van der Waals surface area contributed by atoms with Crippen molar-refractivity contribution in [2.45, 2.75) is 26.3 Å². The van der Waals surface area contributed by atoms with Gasteiger partial charge >= 0.3 is 0 Å². The van der Waals surface area contributed by atoms with Crippen LogP contribution in [0.25, 0.3) is 0 Å². The number of hydrogen-bond donors (Lipinski definition) is 1. The summed E-state index contributed by atoms with van der Waals surface area (Å²) < 4.78 is 0. The molecule has 0 spiro atoms. The van der Waals surface area contributed by atoms with Gasteiger partial charge in [-0.15, -0.1) is 0 Å². The summed E-state index contributed by atoms with van der Waals surface area (Å²) in [5.41, 5.74) is 3.37. The van der Waals surface area contributed by atoms with Crippen LogP contribution in [0.15, 0.2) is 23.3 Å². The Balaban J connectivity index is 2.03. The first-order valence-corrected chi connectivity index (χ1v) is 5.44. The number of hydrogen-bond acceptors (Lipinski definition) is 1. The van der Waals surface area contributed by atoms with Gasteiger partial charge in [-0.1, -0.05) is 37.1 Å². The minimum Gasteiger partial charge on any atom is -0.310 e. The first kappa shape index (κ1) is 7.81. The minimum absolute atomic E-state index is 0.653. The van der Waals surface area contributed by atoms with Crippen molar-refractivity contribution in [3.63, 3.8) is 0 Å². The lowest BCUT2D eigenvalue weighted by Gasteiger charge is -2.37. The van der Waals surface area contributed by atoms with Crippen molar-refractivity contribution >= 4 is 0 Å². The van der Waals surface area contributed by atoms with Crippen LogP contribution in [0.3, 0.4) is 0 Å². The standard InChI is InChI=1S/C12H17N/c1-7-10-5-9-3-4-13-12(9)6-11(7)8(10)2/h5-9,12-13H,3-4H2,1-2H3. The Bertz CT molecular complexity index is 258. The fourth-order valence-corrected chi connectivity index (χ4v) is 3.19. The van der Waals surface area contributed by atoms with Crippen LogP contribution in [0, 0.1) is 17.8 Å². The van der Waals surface area contributed by atoms with Gasteiger partial charge in [0.1, 0.15) is 0 Å². The molecule has 0 amide bonds. The van der Waals surface area contributed by atoms with E-state index in [1.807, 2.05) is 0 Å². The quantitative estimate of drug-likeness (QED) is 0.556. The van der Waals surface area contributed by atoms with Crippen LogP contribution in [-0.2, 0) is 0 Å². The van der Waals surface area contributed by atoms with Crippen molar-refractivity contribution < 1.29 is 0 Å². The second kappa shape index (κ2) is 2.48. The van der Waals surface area contributed by atoms with Crippen molar-refractivity contribution in [3.05, 3.63) is 23.3 Å².